The predicted octanol–water partition coefficient (Wildman–Crippen LogP) is 4.14. The lowest BCUT2D eigenvalue weighted by molar-refractivity contribution is -0.142. The zero-order chi connectivity index (χ0) is 29.9. The number of carbonyl (C=O) groups excluding carboxylic acids is 2. The number of nitrogens with zero attached hydrogens (tertiary/aromatic N) is 4. The highest BCUT2D eigenvalue weighted by Crippen LogP contribution is 2.48. The van der Waals surface area contributed by atoms with Gasteiger partial charge < -0.3 is 34.4 Å². The molecular weight excluding hydrogens is 559 g/mol. The summed E-state index contributed by atoms with van der Waals surface area (Å²) in [5.74, 6) is -2.96. The number of carboxylic acids is 1. The normalized spacial score (nSPS) is 22.5. The van der Waals surface area contributed by atoms with Gasteiger partial charge in [0.2, 0.25) is 0 Å². The quantitative estimate of drug-likeness (QED) is 0.541. The Hall–Kier alpha value is -3.80. The SMILES string of the molecule is CC(C)(C)OC(=O)N1CCN2C(=O)c3c(N4CCC[C@@]4(C)C(=O)O)nc(-c4c(O)cccc4F)c(Cl)c3OC[C@H]2C1. The van der Waals surface area contributed by atoms with E-state index in [2.05, 4.69) is 4.98 Å². The van der Waals surface area contributed by atoms with Gasteiger partial charge in [-0.3, -0.25) is 4.79 Å². The summed E-state index contributed by atoms with van der Waals surface area (Å²) >= 11 is 6.75. The topological polar surface area (TPSA) is 133 Å². The number of aliphatic carboxylic acids is 1. The molecule has 41 heavy (non-hydrogen) atoms. The molecule has 2 atom stereocenters. The van der Waals surface area contributed by atoms with Gasteiger partial charge in [-0.1, -0.05) is 17.7 Å². The van der Waals surface area contributed by atoms with Crippen molar-refractivity contribution < 1.29 is 38.5 Å². The van der Waals surface area contributed by atoms with Gasteiger partial charge in [-0.15, -0.1) is 0 Å². The molecule has 2 aromatic rings. The van der Waals surface area contributed by atoms with E-state index in [0.717, 1.165) is 6.07 Å². The first-order valence-corrected chi connectivity index (χ1v) is 13.7. The number of anilines is 1. The number of hydrogen-bond donors (Lipinski definition) is 2. The lowest BCUT2D eigenvalue weighted by Crippen LogP contribution is -2.58. The maximum Gasteiger partial charge on any atom is 0.410 e. The minimum atomic E-state index is -1.41. The third-order valence-electron chi connectivity index (χ3n) is 7.69. The number of halogens is 2. The van der Waals surface area contributed by atoms with Gasteiger partial charge in [0.15, 0.2) is 5.75 Å². The second-order valence-electron chi connectivity index (χ2n) is 11.7. The Morgan fingerprint density at radius 1 is 1.22 bits per heavy atom. The zero-order valence-corrected chi connectivity index (χ0v) is 24.0. The van der Waals surface area contributed by atoms with Gasteiger partial charge in [-0.2, -0.15) is 0 Å². The van der Waals surface area contributed by atoms with Crippen molar-refractivity contribution in [1.29, 1.82) is 0 Å². The van der Waals surface area contributed by atoms with Crippen molar-refractivity contribution >= 4 is 35.4 Å². The molecule has 5 rings (SSSR count). The number of aromatic hydroxyl groups is 1. The molecule has 13 heteroatoms. The van der Waals surface area contributed by atoms with Crippen molar-refractivity contribution in [2.75, 3.05) is 37.7 Å². The van der Waals surface area contributed by atoms with Gasteiger partial charge in [0.25, 0.3) is 5.91 Å². The van der Waals surface area contributed by atoms with Gasteiger partial charge >= 0.3 is 12.1 Å². The molecule has 2 fully saturated rings. The second kappa shape index (κ2) is 10.2. The molecule has 4 heterocycles. The number of hydrogen-bond acceptors (Lipinski definition) is 8. The molecule has 2 saturated heterocycles. The summed E-state index contributed by atoms with van der Waals surface area (Å²) in [6, 6.07) is 3.15. The molecule has 2 N–H and O–H groups in total. The molecular formula is C28H32ClFN4O7. The monoisotopic (exact) mass is 590 g/mol. The van der Waals surface area contributed by atoms with Crippen LogP contribution in [0.3, 0.4) is 0 Å². The van der Waals surface area contributed by atoms with Crippen LogP contribution in [0.1, 0.15) is 50.9 Å². The summed E-state index contributed by atoms with van der Waals surface area (Å²) in [4.78, 5) is 48.5. The van der Waals surface area contributed by atoms with Gasteiger partial charge in [0.1, 0.15) is 51.4 Å². The van der Waals surface area contributed by atoms with Gasteiger partial charge in [0.05, 0.1) is 11.6 Å². The third kappa shape index (κ3) is 4.98. The molecule has 3 aliphatic heterocycles. The Morgan fingerprint density at radius 2 is 1.95 bits per heavy atom. The fourth-order valence-corrected chi connectivity index (χ4v) is 5.86. The van der Waals surface area contributed by atoms with Crippen LogP contribution >= 0.6 is 11.6 Å². The summed E-state index contributed by atoms with van der Waals surface area (Å²) in [5, 5.41) is 20.5. The Morgan fingerprint density at radius 3 is 2.61 bits per heavy atom. The van der Waals surface area contributed by atoms with Gasteiger partial charge in [-0.05, 0) is 52.7 Å². The highest BCUT2D eigenvalue weighted by Gasteiger charge is 2.48. The molecule has 0 unspecified atom stereocenters. The number of rotatable bonds is 3. The standard InChI is InChI=1S/C28H32ClFN4O7/c1-27(2,3)41-26(39)32-11-12-33-15(13-32)14-40-22-19(24(33)36)23(34-10-6-9-28(34,4)25(37)38)31-21(20(22)29)18-16(30)7-5-8-17(18)35/h5,7-8,15,35H,6,9-14H2,1-4H3,(H,37,38)/t15-,28+/m1/s1. The number of phenols is 1. The van der Waals surface area contributed by atoms with Crippen molar-refractivity contribution in [3.05, 3.63) is 34.6 Å². The van der Waals surface area contributed by atoms with E-state index in [9.17, 15) is 24.6 Å². The molecule has 0 spiro atoms. The first kappa shape index (κ1) is 28.7. The molecule has 0 aliphatic carbocycles. The van der Waals surface area contributed by atoms with Crippen molar-refractivity contribution in [2.24, 2.45) is 0 Å². The highest BCUT2D eigenvalue weighted by atomic mass is 35.5. The van der Waals surface area contributed by atoms with Crippen molar-refractivity contribution in [1.82, 2.24) is 14.8 Å². The minimum absolute atomic E-state index is 0.0234. The maximum absolute atomic E-state index is 15.0. The highest BCUT2D eigenvalue weighted by molar-refractivity contribution is 6.35. The fourth-order valence-electron chi connectivity index (χ4n) is 5.57. The second-order valence-corrected chi connectivity index (χ2v) is 12.0. The third-order valence-corrected chi connectivity index (χ3v) is 8.04. The Balaban J connectivity index is 1.63. The van der Waals surface area contributed by atoms with Crippen LogP contribution in [0.15, 0.2) is 18.2 Å². The van der Waals surface area contributed by atoms with Crippen LogP contribution in [0.2, 0.25) is 5.02 Å². The summed E-state index contributed by atoms with van der Waals surface area (Å²) in [6.07, 6.45) is 0.279. The van der Waals surface area contributed by atoms with Crippen LogP contribution in [-0.4, -0.2) is 92.9 Å². The Kier molecular flexibility index (Phi) is 7.17. The van der Waals surface area contributed by atoms with E-state index in [-0.39, 0.29) is 72.6 Å². The van der Waals surface area contributed by atoms with E-state index >= 15 is 4.39 Å². The number of aromatic nitrogens is 1. The predicted molar refractivity (Wildman–Crippen MR) is 147 cm³/mol. The largest absolute Gasteiger partial charge is 0.507 e. The van der Waals surface area contributed by atoms with Crippen LogP contribution in [0.25, 0.3) is 11.3 Å². The zero-order valence-electron chi connectivity index (χ0n) is 23.2. The van der Waals surface area contributed by atoms with Crippen LogP contribution in [0.5, 0.6) is 11.5 Å². The number of fused-ring (bicyclic) bond motifs is 2. The van der Waals surface area contributed by atoms with Crippen LogP contribution in [0, 0.1) is 5.82 Å². The van der Waals surface area contributed by atoms with Crippen LogP contribution in [-0.2, 0) is 9.53 Å². The van der Waals surface area contributed by atoms with E-state index in [1.54, 1.807) is 25.7 Å². The number of amides is 2. The molecule has 1 aromatic carbocycles. The molecule has 1 aromatic heterocycles. The molecule has 0 bridgehead atoms. The molecule has 2 amide bonds. The number of piperazine rings is 1. The number of carbonyl (C=O) groups is 3. The average molecular weight is 591 g/mol. The summed E-state index contributed by atoms with van der Waals surface area (Å²) in [5.41, 5.74) is -2.64. The van der Waals surface area contributed by atoms with Crippen LogP contribution in [0.4, 0.5) is 15.0 Å². The number of phenolic OH excluding ortho intramolecular Hbond substituents is 1. The Bertz CT molecular complexity index is 1410. The van der Waals surface area contributed by atoms with E-state index < -0.39 is 46.7 Å². The smallest absolute Gasteiger partial charge is 0.410 e. The van der Waals surface area contributed by atoms with Gasteiger partial charge in [-0.25, -0.2) is 19.0 Å². The number of carboxylic acid groups (broad SMARTS) is 1. The van der Waals surface area contributed by atoms with E-state index in [0.29, 0.717) is 6.42 Å². The molecule has 3 aliphatic rings. The minimum Gasteiger partial charge on any atom is -0.507 e. The first-order valence-electron chi connectivity index (χ1n) is 13.4. The lowest BCUT2D eigenvalue weighted by Gasteiger charge is -2.40. The number of benzene rings is 1. The van der Waals surface area contributed by atoms with Gasteiger partial charge in [0, 0.05) is 26.2 Å². The average Bonchev–Trinajstić information content (AvgIpc) is 3.22. The molecule has 0 radical (unpaired) electrons. The van der Waals surface area contributed by atoms with E-state index in [1.165, 1.54) is 28.9 Å². The molecule has 11 nitrogen and oxygen atoms in total. The van der Waals surface area contributed by atoms with Crippen molar-refractivity contribution in [3.63, 3.8) is 0 Å². The van der Waals surface area contributed by atoms with E-state index in [1.807, 2.05) is 0 Å². The maximum atomic E-state index is 15.0. The van der Waals surface area contributed by atoms with Crippen molar-refractivity contribution in [2.45, 2.75) is 57.7 Å². The van der Waals surface area contributed by atoms with E-state index in [4.69, 9.17) is 21.1 Å². The lowest BCUT2D eigenvalue weighted by atomic mass is 9.98. The molecule has 0 saturated carbocycles. The van der Waals surface area contributed by atoms with Crippen LogP contribution < -0.4 is 9.64 Å². The molecule has 220 valence electrons. The van der Waals surface area contributed by atoms with Crippen molar-refractivity contribution in [3.8, 4) is 22.8 Å². The number of ether oxygens (including phenoxy) is 2. The summed E-state index contributed by atoms with van der Waals surface area (Å²) in [6.45, 7) is 7.54. The Labute approximate surface area is 241 Å². The summed E-state index contributed by atoms with van der Waals surface area (Å²) < 4.78 is 26.7. The summed E-state index contributed by atoms with van der Waals surface area (Å²) in [7, 11) is 0. The fraction of sp³-hybridized carbons (Fsp3) is 0.500. The first-order chi connectivity index (χ1) is 19.2. The number of pyridine rings is 1.